The highest BCUT2D eigenvalue weighted by Crippen LogP contribution is 2.25. The summed E-state index contributed by atoms with van der Waals surface area (Å²) in [5.74, 6) is 0.155. The van der Waals surface area contributed by atoms with Gasteiger partial charge in [0, 0.05) is 32.0 Å². The van der Waals surface area contributed by atoms with Gasteiger partial charge in [-0.1, -0.05) is 0 Å². The quantitative estimate of drug-likeness (QED) is 0.855. The Hall–Kier alpha value is -1.92. The summed E-state index contributed by atoms with van der Waals surface area (Å²) in [6, 6.07) is 6.10. The average Bonchev–Trinajstić information content (AvgIpc) is 3.07. The number of pyridine rings is 1. The summed E-state index contributed by atoms with van der Waals surface area (Å²) in [4.78, 5) is 21.1. The van der Waals surface area contributed by atoms with Crippen molar-refractivity contribution in [3.63, 3.8) is 0 Å². The number of amides is 1. The van der Waals surface area contributed by atoms with Crippen molar-refractivity contribution in [2.24, 2.45) is 0 Å². The molecule has 0 unspecified atom stereocenters. The van der Waals surface area contributed by atoms with E-state index in [9.17, 15) is 4.79 Å². The van der Waals surface area contributed by atoms with Gasteiger partial charge in [0.1, 0.15) is 6.10 Å². The molecule has 1 fully saturated rings. The lowest BCUT2D eigenvalue weighted by Crippen LogP contribution is -2.43. The molecular weight excluding hydrogens is 322 g/mol. The number of anilines is 1. The summed E-state index contributed by atoms with van der Waals surface area (Å²) < 4.78 is 5.90. The molecule has 2 aromatic rings. The first-order valence-corrected chi connectivity index (χ1v) is 9.03. The van der Waals surface area contributed by atoms with Gasteiger partial charge in [0.25, 0.3) is 0 Å². The molecule has 3 heterocycles. The number of rotatable bonds is 4. The number of carbonyl (C=O) groups excluding carboxylic acids is 1. The van der Waals surface area contributed by atoms with E-state index < -0.39 is 0 Å². The van der Waals surface area contributed by atoms with E-state index in [-0.39, 0.29) is 12.0 Å². The molecule has 128 valence electrons. The summed E-state index contributed by atoms with van der Waals surface area (Å²) in [6.45, 7) is 3.74. The fourth-order valence-corrected chi connectivity index (χ4v) is 3.50. The lowest BCUT2D eigenvalue weighted by molar-refractivity contribution is -0.138. The van der Waals surface area contributed by atoms with E-state index in [1.807, 2.05) is 54.9 Å². The number of nitrogens with zero attached hydrogens (tertiary/aromatic N) is 3. The van der Waals surface area contributed by atoms with Crippen LogP contribution in [0.4, 0.5) is 5.69 Å². The number of ether oxygens (including phenoxy) is 1. The summed E-state index contributed by atoms with van der Waals surface area (Å²) in [5.41, 5.74) is 4.03. The van der Waals surface area contributed by atoms with Crippen molar-refractivity contribution < 1.29 is 9.53 Å². The van der Waals surface area contributed by atoms with Gasteiger partial charge in [-0.3, -0.25) is 9.78 Å². The molecule has 6 heteroatoms. The predicted molar refractivity (Wildman–Crippen MR) is 96.6 cm³/mol. The summed E-state index contributed by atoms with van der Waals surface area (Å²) >= 11 is 1.62. The molecule has 0 N–H and O–H groups in total. The minimum atomic E-state index is -0.163. The SMILES string of the molecule is Cc1cc(N(C)C)cc([C@@H]2CN(C(=O)Cc3ccsc3)CCO2)n1. The zero-order valence-electron chi connectivity index (χ0n) is 14.4. The highest BCUT2D eigenvalue weighted by atomic mass is 32.1. The molecule has 2 aromatic heterocycles. The van der Waals surface area contributed by atoms with E-state index in [0.29, 0.717) is 26.1 Å². The number of aryl methyl sites for hydroxylation is 1. The fraction of sp³-hybridized carbons (Fsp3) is 0.444. The number of hydrogen-bond donors (Lipinski definition) is 0. The van der Waals surface area contributed by atoms with Gasteiger partial charge in [-0.25, -0.2) is 0 Å². The molecule has 1 saturated heterocycles. The Bertz CT molecular complexity index is 700. The molecule has 1 amide bonds. The third-order valence-corrected chi connectivity index (χ3v) is 4.89. The summed E-state index contributed by atoms with van der Waals surface area (Å²) in [5, 5.41) is 4.03. The largest absolute Gasteiger partial charge is 0.378 e. The van der Waals surface area contributed by atoms with Crippen molar-refractivity contribution in [3.05, 3.63) is 45.9 Å². The van der Waals surface area contributed by atoms with Crippen LogP contribution in [-0.2, 0) is 16.0 Å². The topological polar surface area (TPSA) is 45.7 Å². The second-order valence-corrected chi connectivity index (χ2v) is 7.07. The number of aromatic nitrogens is 1. The standard InChI is InChI=1S/C18H23N3O2S/c1-13-8-15(20(2)3)10-16(19-13)17-11-21(5-6-23-17)18(22)9-14-4-7-24-12-14/h4,7-8,10,12,17H,5-6,9,11H2,1-3H3/t17-/m0/s1. The summed E-state index contributed by atoms with van der Waals surface area (Å²) in [7, 11) is 4.02. The van der Waals surface area contributed by atoms with Crippen molar-refractivity contribution in [2.45, 2.75) is 19.4 Å². The smallest absolute Gasteiger partial charge is 0.227 e. The molecule has 24 heavy (non-hydrogen) atoms. The van der Waals surface area contributed by atoms with Gasteiger partial charge in [-0.05, 0) is 41.4 Å². The van der Waals surface area contributed by atoms with Crippen molar-refractivity contribution in [1.29, 1.82) is 0 Å². The number of hydrogen-bond acceptors (Lipinski definition) is 5. The second-order valence-electron chi connectivity index (χ2n) is 6.29. The van der Waals surface area contributed by atoms with Gasteiger partial charge in [-0.15, -0.1) is 0 Å². The molecule has 0 radical (unpaired) electrons. The highest BCUT2D eigenvalue weighted by molar-refractivity contribution is 7.08. The maximum absolute atomic E-state index is 12.5. The van der Waals surface area contributed by atoms with Gasteiger partial charge in [0.2, 0.25) is 5.91 Å². The van der Waals surface area contributed by atoms with Crippen molar-refractivity contribution in [1.82, 2.24) is 9.88 Å². The van der Waals surface area contributed by atoms with Gasteiger partial charge < -0.3 is 14.5 Å². The van der Waals surface area contributed by atoms with Crippen LogP contribution in [0.15, 0.2) is 29.0 Å². The van der Waals surface area contributed by atoms with Crippen LogP contribution in [0.1, 0.15) is 23.1 Å². The highest BCUT2D eigenvalue weighted by Gasteiger charge is 2.26. The van der Waals surface area contributed by atoms with E-state index in [0.717, 1.165) is 22.6 Å². The number of morpholine rings is 1. The number of carbonyl (C=O) groups is 1. The fourth-order valence-electron chi connectivity index (χ4n) is 2.83. The Morgan fingerprint density at radius 2 is 2.29 bits per heavy atom. The maximum atomic E-state index is 12.5. The lowest BCUT2D eigenvalue weighted by Gasteiger charge is -2.33. The molecule has 1 atom stereocenters. The minimum Gasteiger partial charge on any atom is -0.378 e. The lowest BCUT2D eigenvalue weighted by atomic mass is 10.1. The Balaban J connectivity index is 1.72. The Morgan fingerprint density at radius 3 is 3.00 bits per heavy atom. The molecule has 0 aliphatic carbocycles. The van der Waals surface area contributed by atoms with Crippen LogP contribution in [0.3, 0.4) is 0 Å². The second kappa shape index (κ2) is 7.32. The first-order valence-electron chi connectivity index (χ1n) is 8.09. The Kier molecular flexibility index (Phi) is 5.16. The van der Waals surface area contributed by atoms with E-state index in [1.54, 1.807) is 11.3 Å². The number of thiophene rings is 1. The molecule has 1 aliphatic rings. The average molecular weight is 345 g/mol. The van der Waals surface area contributed by atoms with E-state index in [2.05, 4.69) is 9.88 Å². The maximum Gasteiger partial charge on any atom is 0.227 e. The molecule has 3 rings (SSSR count). The van der Waals surface area contributed by atoms with Crippen LogP contribution in [0.25, 0.3) is 0 Å². The van der Waals surface area contributed by atoms with Crippen LogP contribution in [-0.4, -0.2) is 49.6 Å². The molecule has 0 spiro atoms. The van der Waals surface area contributed by atoms with Crippen LogP contribution >= 0.6 is 11.3 Å². The predicted octanol–water partition coefficient (Wildman–Crippen LogP) is 2.66. The van der Waals surface area contributed by atoms with E-state index in [1.165, 1.54) is 0 Å². The van der Waals surface area contributed by atoms with Gasteiger partial charge in [0.15, 0.2) is 0 Å². The van der Waals surface area contributed by atoms with Crippen molar-refractivity contribution in [2.75, 3.05) is 38.7 Å². The third-order valence-electron chi connectivity index (χ3n) is 4.16. The van der Waals surface area contributed by atoms with Gasteiger partial charge in [0.05, 0.1) is 25.3 Å². The molecule has 0 bridgehead atoms. The van der Waals surface area contributed by atoms with E-state index >= 15 is 0 Å². The van der Waals surface area contributed by atoms with Crippen LogP contribution < -0.4 is 4.90 Å². The zero-order valence-corrected chi connectivity index (χ0v) is 15.2. The van der Waals surface area contributed by atoms with Crippen molar-refractivity contribution in [3.8, 4) is 0 Å². The van der Waals surface area contributed by atoms with Crippen LogP contribution in [0.2, 0.25) is 0 Å². The van der Waals surface area contributed by atoms with Gasteiger partial charge in [-0.2, -0.15) is 11.3 Å². The van der Waals surface area contributed by atoms with E-state index in [4.69, 9.17) is 4.74 Å². The first-order chi connectivity index (χ1) is 11.5. The Labute approximate surface area is 146 Å². The van der Waals surface area contributed by atoms with Crippen LogP contribution in [0, 0.1) is 6.92 Å². The first kappa shape index (κ1) is 16.9. The van der Waals surface area contributed by atoms with Crippen molar-refractivity contribution >= 4 is 22.9 Å². The zero-order chi connectivity index (χ0) is 17.1. The van der Waals surface area contributed by atoms with Gasteiger partial charge >= 0.3 is 0 Å². The molecule has 0 aromatic carbocycles. The normalized spacial score (nSPS) is 17.8. The molecular formula is C18H23N3O2S. The minimum absolute atomic E-state index is 0.155. The molecule has 0 saturated carbocycles. The summed E-state index contributed by atoms with van der Waals surface area (Å²) in [6.07, 6.45) is 0.296. The monoisotopic (exact) mass is 345 g/mol. The molecule has 5 nitrogen and oxygen atoms in total. The van der Waals surface area contributed by atoms with Crippen LogP contribution in [0.5, 0.6) is 0 Å². The third kappa shape index (κ3) is 3.94. The molecule has 1 aliphatic heterocycles. The Morgan fingerprint density at radius 1 is 1.46 bits per heavy atom.